The average molecular weight is 463 g/mol. The number of carbonyl (C=O) groups is 2. The Kier molecular flexibility index (Phi) is 5.91. The Balaban J connectivity index is 1.16. The Hall–Kier alpha value is -0.840. The molecule has 4 rings (SSSR count). The van der Waals surface area contributed by atoms with Crippen LogP contribution in [0.2, 0.25) is 0 Å². The first-order valence-corrected chi connectivity index (χ1v) is 14.0. The molecule has 0 radical (unpaired) electrons. The summed E-state index contributed by atoms with van der Waals surface area (Å²) in [5.74, 6) is 0.216. The molecule has 0 unspecified atom stereocenters. The number of hydrogen-bond acceptors (Lipinski definition) is 8. The van der Waals surface area contributed by atoms with E-state index < -0.39 is 31.1 Å². The van der Waals surface area contributed by atoms with Crippen molar-refractivity contribution in [1.82, 2.24) is 0 Å². The summed E-state index contributed by atoms with van der Waals surface area (Å²) in [7, 11) is -7.61. The molecule has 0 aliphatic heterocycles. The minimum absolute atomic E-state index is 0.0401. The third-order valence-electron chi connectivity index (χ3n) is 7.52. The van der Waals surface area contributed by atoms with Crippen molar-refractivity contribution >= 4 is 31.8 Å². The molecule has 0 saturated heterocycles. The van der Waals surface area contributed by atoms with Crippen LogP contribution in [0.5, 0.6) is 0 Å². The van der Waals surface area contributed by atoms with Crippen molar-refractivity contribution in [3.8, 4) is 0 Å². The molecule has 0 heterocycles. The Bertz CT molecular complexity index is 848. The minimum Gasteiger partial charge on any atom is -0.299 e. The summed E-state index contributed by atoms with van der Waals surface area (Å²) in [4.78, 5) is 24.2. The highest BCUT2D eigenvalue weighted by Crippen LogP contribution is 2.53. The van der Waals surface area contributed by atoms with Crippen LogP contribution in [0, 0.1) is 22.7 Å². The summed E-state index contributed by atoms with van der Waals surface area (Å²) < 4.78 is 59.2. The first-order chi connectivity index (χ1) is 14.0. The molecule has 4 saturated carbocycles. The monoisotopic (exact) mass is 462 g/mol. The molecule has 0 aromatic rings. The minimum atomic E-state index is -3.80. The summed E-state index contributed by atoms with van der Waals surface area (Å²) >= 11 is 0. The SMILES string of the molecule is O=C1C[C@H]2CC[C@]1(CS(=O)(=O)OCCCCOS(=O)(=O)C[C@]13CC[C@@H](CC1=O)C3)C2. The number of fused-ring (bicyclic) bond motifs is 4. The second kappa shape index (κ2) is 7.94. The van der Waals surface area contributed by atoms with E-state index in [2.05, 4.69) is 0 Å². The third-order valence-corrected chi connectivity index (χ3v) is 10.4. The van der Waals surface area contributed by atoms with Gasteiger partial charge in [0, 0.05) is 23.7 Å². The molecular weight excluding hydrogens is 432 g/mol. The van der Waals surface area contributed by atoms with Gasteiger partial charge in [-0.3, -0.25) is 18.0 Å². The van der Waals surface area contributed by atoms with Gasteiger partial charge in [0.1, 0.15) is 11.6 Å². The van der Waals surface area contributed by atoms with E-state index in [-0.39, 0.29) is 36.3 Å². The Morgan fingerprint density at radius 3 is 1.43 bits per heavy atom. The molecule has 4 bridgehead atoms. The van der Waals surface area contributed by atoms with Gasteiger partial charge in [0.2, 0.25) is 0 Å². The first kappa shape index (κ1) is 22.4. The van der Waals surface area contributed by atoms with Gasteiger partial charge in [-0.05, 0) is 63.2 Å². The fraction of sp³-hybridized carbons (Fsp3) is 0.900. The van der Waals surface area contributed by atoms with Crippen LogP contribution < -0.4 is 0 Å². The quantitative estimate of drug-likeness (QED) is 0.338. The highest BCUT2D eigenvalue weighted by molar-refractivity contribution is 7.87. The van der Waals surface area contributed by atoms with Gasteiger partial charge < -0.3 is 0 Å². The molecule has 170 valence electrons. The number of Topliss-reactive ketones (excluding diaryl/α,β-unsaturated/α-hetero) is 2. The molecule has 0 spiro atoms. The Labute approximate surface area is 178 Å². The lowest BCUT2D eigenvalue weighted by Gasteiger charge is -2.24. The molecule has 0 aromatic heterocycles. The molecule has 8 nitrogen and oxygen atoms in total. The second-order valence-electron chi connectivity index (χ2n) is 9.79. The highest BCUT2D eigenvalue weighted by Gasteiger charge is 2.54. The zero-order valence-corrected chi connectivity index (χ0v) is 18.8. The van der Waals surface area contributed by atoms with Crippen molar-refractivity contribution < 1.29 is 34.8 Å². The van der Waals surface area contributed by atoms with Crippen LogP contribution in [0.1, 0.15) is 64.2 Å². The van der Waals surface area contributed by atoms with Crippen molar-refractivity contribution in [1.29, 1.82) is 0 Å². The van der Waals surface area contributed by atoms with Crippen molar-refractivity contribution in [2.24, 2.45) is 22.7 Å². The van der Waals surface area contributed by atoms with Crippen LogP contribution in [-0.2, 0) is 38.2 Å². The van der Waals surface area contributed by atoms with E-state index >= 15 is 0 Å². The molecule has 0 N–H and O–H groups in total. The zero-order chi connectivity index (χ0) is 21.6. The lowest BCUT2D eigenvalue weighted by Crippen LogP contribution is -2.34. The molecule has 4 aliphatic rings. The van der Waals surface area contributed by atoms with Gasteiger partial charge in [-0.1, -0.05) is 0 Å². The van der Waals surface area contributed by atoms with E-state index in [1.807, 2.05) is 0 Å². The topological polar surface area (TPSA) is 121 Å². The van der Waals surface area contributed by atoms with Crippen molar-refractivity contribution in [2.75, 3.05) is 24.7 Å². The summed E-state index contributed by atoms with van der Waals surface area (Å²) in [5.41, 5.74) is -1.51. The second-order valence-corrected chi connectivity index (χ2v) is 13.1. The largest absolute Gasteiger partial charge is 0.299 e. The number of rotatable bonds is 11. The van der Waals surface area contributed by atoms with Gasteiger partial charge in [0.25, 0.3) is 20.2 Å². The standard InChI is InChI=1S/C20H30O8S2/c21-17-9-15-3-5-19(17,11-15)13-29(23,24)27-7-1-2-8-28-30(25,26)14-20-6-4-16(12-20)10-18(20)22/h15-16H,1-14H2/t15-,16+,19-,20-/m1/s1. The van der Waals surface area contributed by atoms with Gasteiger partial charge in [-0.15, -0.1) is 0 Å². The maximum atomic E-state index is 12.3. The smallest absolute Gasteiger partial charge is 0.268 e. The average Bonchev–Trinajstić information content (AvgIpc) is 3.35. The van der Waals surface area contributed by atoms with Gasteiger partial charge in [-0.25, -0.2) is 0 Å². The molecule has 4 atom stereocenters. The summed E-state index contributed by atoms with van der Waals surface area (Å²) in [6, 6.07) is 0. The third kappa shape index (κ3) is 4.52. The predicted octanol–water partition coefficient (Wildman–Crippen LogP) is 1.98. The van der Waals surface area contributed by atoms with Crippen LogP contribution >= 0.6 is 0 Å². The fourth-order valence-electron chi connectivity index (χ4n) is 6.05. The highest BCUT2D eigenvalue weighted by atomic mass is 32.2. The van der Waals surface area contributed by atoms with Crippen molar-refractivity contribution in [2.45, 2.75) is 64.2 Å². The van der Waals surface area contributed by atoms with E-state index in [0.717, 1.165) is 12.8 Å². The van der Waals surface area contributed by atoms with Gasteiger partial charge in [0.15, 0.2) is 0 Å². The van der Waals surface area contributed by atoms with E-state index in [9.17, 15) is 26.4 Å². The maximum absolute atomic E-state index is 12.3. The first-order valence-electron chi connectivity index (χ1n) is 10.8. The lowest BCUT2D eigenvalue weighted by molar-refractivity contribution is -0.126. The molecule has 30 heavy (non-hydrogen) atoms. The molecular formula is C20H30O8S2. The normalized spacial score (nSPS) is 35.6. The van der Waals surface area contributed by atoms with Gasteiger partial charge in [-0.2, -0.15) is 16.8 Å². The van der Waals surface area contributed by atoms with Crippen LogP contribution in [0.4, 0.5) is 0 Å². The van der Waals surface area contributed by atoms with Crippen molar-refractivity contribution in [3.05, 3.63) is 0 Å². The predicted molar refractivity (Wildman–Crippen MR) is 108 cm³/mol. The van der Waals surface area contributed by atoms with Gasteiger partial charge in [0.05, 0.1) is 24.7 Å². The Morgan fingerprint density at radius 2 is 1.13 bits per heavy atom. The van der Waals surface area contributed by atoms with Crippen LogP contribution in [-0.4, -0.2) is 53.1 Å². The van der Waals surface area contributed by atoms with Crippen molar-refractivity contribution in [3.63, 3.8) is 0 Å². The van der Waals surface area contributed by atoms with Gasteiger partial charge >= 0.3 is 0 Å². The Morgan fingerprint density at radius 1 is 0.733 bits per heavy atom. The van der Waals surface area contributed by atoms with Crippen LogP contribution in [0.15, 0.2) is 0 Å². The molecule has 4 fully saturated rings. The zero-order valence-electron chi connectivity index (χ0n) is 17.1. The fourth-order valence-corrected chi connectivity index (χ4v) is 9.16. The number of ketones is 2. The molecule has 10 heteroatoms. The van der Waals surface area contributed by atoms with E-state index in [0.29, 0.717) is 63.2 Å². The summed E-state index contributed by atoms with van der Waals surface area (Å²) in [6.45, 7) is -0.132. The molecule has 4 aliphatic carbocycles. The van der Waals surface area contributed by atoms with E-state index in [1.54, 1.807) is 0 Å². The summed E-state index contributed by atoms with van der Waals surface area (Å²) in [6.07, 6.45) is 5.95. The number of carbonyl (C=O) groups excluding carboxylic acids is 2. The lowest BCUT2D eigenvalue weighted by atomic mass is 9.85. The van der Waals surface area contributed by atoms with E-state index in [1.165, 1.54) is 0 Å². The molecule has 0 aromatic carbocycles. The summed E-state index contributed by atoms with van der Waals surface area (Å²) in [5, 5.41) is 0. The van der Waals surface area contributed by atoms with Crippen LogP contribution in [0.3, 0.4) is 0 Å². The van der Waals surface area contributed by atoms with E-state index in [4.69, 9.17) is 8.37 Å². The van der Waals surface area contributed by atoms with Crippen LogP contribution in [0.25, 0.3) is 0 Å². The number of unbranched alkanes of at least 4 members (excludes halogenated alkanes) is 1. The number of hydrogen-bond donors (Lipinski definition) is 0. The maximum Gasteiger partial charge on any atom is 0.268 e. The molecule has 0 amide bonds.